The molecule has 20 heavy (non-hydrogen) atoms. The number of rotatable bonds is 3. The lowest BCUT2D eigenvalue weighted by atomic mass is 10.1. The molecule has 2 saturated heterocycles. The van der Waals surface area contributed by atoms with E-state index >= 15 is 0 Å². The summed E-state index contributed by atoms with van der Waals surface area (Å²) < 4.78 is 5.43. The Morgan fingerprint density at radius 3 is 2.65 bits per heavy atom. The summed E-state index contributed by atoms with van der Waals surface area (Å²) >= 11 is 0. The summed E-state index contributed by atoms with van der Waals surface area (Å²) in [5.74, 6) is 0.621. The largest absolute Gasteiger partial charge is 0.444 e. The Labute approximate surface area is 121 Å². The first-order valence-corrected chi connectivity index (χ1v) is 7.72. The summed E-state index contributed by atoms with van der Waals surface area (Å²) in [6.07, 6.45) is 2.92. The van der Waals surface area contributed by atoms with Gasteiger partial charge in [0.1, 0.15) is 5.60 Å². The fourth-order valence-corrected chi connectivity index (χ4v) is 3.14. The molecule has 2 rings (SSSR count). The zero-order valence-corrected chi connectivity index (χ0v) is 13.0. The second-order valence-corrected chi connectivity index (χ2v) is 7.03. The first kappa shape index (κ1) is 15.6. The van der Waals surface area contributed by atoms with Crippen LogP contribution in [-0.4, -0.2) is 65.4 Å². The van der Waals surface area contributed by atoms with Crippen LogP contribution in [0.1, 0.15) is 40.0 Å². The van der Waals surface area contributed by atoms with E-state index in [1.165, 1.54) is 6.42 Å². The van der Waals surface area contributed by atoms with Crippen LogP contribution in [-0.2, 0) is 4.74 Å². The number of carbonyl (C=O) groups excluding carboxylic acids is 1. The van der Waals surface area contributed by atoms with Crippen LogP contribution in [0.4, 0.5) is 4.79 Å². The highest BCUT2D eigenvalue weighted by Crippen LogP contribution is 2.26. The number of hydrogen-bond acceptors (Lipinski definition) is 4. The van der Waals surface area contributed by atoms with Gasteiger partial charge in [-0.3, -0.25) is 4.90 Å². The van der Waals surface area contributed by atoms with Crippen LogP contribution in [0.25, 0.3) is 0 Å². The van der Waals surface area contributed by atoms with Crippen LogP contribution in [0.2, 0.25) is 0 Å². The third kappa shape index (κ3) is 4.09. The van der Waals surface area contributed by atoms with Crippen molar-refractivity contribution in [3.05, 3.63) is 0 Å². The Morgan fingerprint density at radius 1 is 1.25 bits per heavy atom. The predicted octanol–water partition coefficient (Wildman–Crippen LogP) is 1.70. The van der Waals surface area contributed by atoms with Gasteiger partial charge in [-0.15, -0.1) is 0 Å². The normalized spacial score (nSPS) is 28.1. The highest BCUT2D eigenvalue weighted by atomic mass is 16.6. The molecular formula is C15H28N2O3. The molecule has 2 heterocycles. The van der Waals surface area contributed by atoms with E-state index in [0.29, 0.717) is 12.0 Å². The van der Waals surface area contributed by atoms with Crippen LogP contribution < -0.4 is 0 Å². The lowest BCUT2D eigenvalue weighted by Crippen LogP contribution is -2.39. The van der Waals surface area contributed by atoms with Gasteiger partial charge in [0.05, 0.1) is 0 Å². The molecular weight excluding hydrogens is 256 g/mol. The van der Waals surface area contributed by atoms with E-state index in [4.69, 9.17) is 9.84 Å². The van der Waals surface area contributed by atoms with Gasteiger partial charge in [-0.05, 0) is 52.5 Å². The monoisotopic (exact) mass is 284 g/mol. The van der Waals surface area contributed by atoms with Gasteiger partial charge in [0, 0.05) is 32.3 Å². The van der Waals surface area contributed by atoms with E-state index in [-0.39, 0.29) is 12.7 Å². The summed E-state index contributed by atoms with van der Waals surface area (Å²) in [7, 11) is 0. The molecule has 5 nitrogen and oxygen atoms in total. The van der Waals surface area contributed by atoms with Crippen LogP contribution >= 0.6 is 0 Å². The molecule has 116 valence electrons. The van der Waals surface area contributed by atoms with E-state index in [0.717, 1.165) is 39.0 Å². The van der Waals surface area contributed by atoms with Gasteiger partial charge < -0.3 is 14.7 Å². The van der Waals surface area contributed by atoms with Crippen LogP contribution in [0, 0.1) is 5.92 Å². The van der Waals surface area contributed by atoms with Crippen LogP contribution in [0.3, 0.4) is 0 Å². The first-order valence-electron chi connectivity index (χ1n) is 7.72. The van der Waals surface area contributed by atoms with E-state index in [9.17, 15) is 4.79 Å². The Morgan fingerprint density at radius 2 is 2.00 bits per heavy atom. The van der Waals surface area contributed by atoms with Crippen molar-refractivity contribution in [2.45, 2.75) is 51.7 Å². The molecule has 0 aromatic carbocycles. The molecule has 0 unspecified atom stereocenters. The number of aliphatic hydroxyl groups excluding tert-OH is 1. The third-order valence-corrected chi connectivity index (χ3v) is 4.19. The van der Waals surface area contributed by atoms with Crippen molar-refractivity contribution in [3.8, 4) is 0 Å². The molecule has 2 aliphatic heterocycles. The topological polar surface area (TPSA) is 53.0 Å². The van der Waals surface area contributed by atoms with Crippen molar-refractivity contribution < 1.29 is 14.6 Å². The van der Waals surface area contributed by atoms with E-state index in [1.807, 2.05) is 25.7 Å². The number of hydrogen-bond donors (Lipinski definition) is 1. The maximum Gasteiger partial charge on any atom is 0.410 e. The van der Waals surface area contributed by atoms with Crippen molar-refractivity contribution in [3.63, 3.8) is 0 Å². The zero-order chi connectivity index (χ0) is 14.8. The van der Waals surface area contributed by atoms with Crippen molar-refractivity contribution in [2.24, 2.45) is 5.92 Å². The average molecular weight is 284 g/mol. The average Bonchev–Trinajstić information content (AvgIpc) is 2.94. The van der Waals surface area contributed by atoms with Gasteiger partial charge in [0.25, 0.3) is 0 Å². The summed E-state index contributed by atoms with van der Waals surface area (Å²) in [4.78, 5) is 16.3. The molecule has 1 amide bonds. The maximum absolute atomic E-state index is 12.0. The minimum absolute atomic E-state index is 0.189. The highest BCUT2D eigenvalue weighted by Gasteiger charge is 2.35. The van der Waals surface area contributed by atoms with Gasteiger partial charge in [-0.25, -0.2) is 4.79 Å². The number of aliphatic hydroxyl groups is 1. The number of ether oxygens (including phenoxy) is 1. The molecule has 1 N–H and O–H groups in total. The van der Waals surface area contributed by atoms with Crippen molar-refractivity contribution in [2.75, 3.05) is 32.8 Å². The third-order valence-electron chi connectivity index (χ3n) is 4.19. The minimum Gasteiger partial charge on any atom is -0.444 e. The van der Waals surface area contributed by atoms with Crippen molar-refractivity contribution in [1.29, 1.82) is 0 Å². The molecule has 0 spiro atoms. The minimum atomic E-state index is -0.422. The highest BCUT2D eigenvalue weighted by molar-refractivity contribution is 5.68. The quantitative estimate of drug-likeness (QED) is 0.857. The summed E-state index contributed by atoms with van der Waals surface area (Å²) in [6, 6.07) is 0.464. The molecule has 2 fully saturated rings. The zero-order valence-electron chi connectivity index (χ0n) is 13.0. The van der Waals surface area contributed by atoms with Gasteiger partial charge in [-0.1, -0.05) is 0 Å². The number of amides is 1. The predicted molar refractivity (Wildman–Crippen MR) is 77.6 cm³/mol. The summed E-state index contributed by atoms with van der Waals surface area (Å²) in [6.45, 7) is 9.72. The second kappa shape index (κ2) is 6.31. The Kier molecular flexibility index (Phi) is 4.91. The standard InChI is InChI=1S/C15H28N2O3/c1-15(2,3)20-14(19)17-8-5-13(11-17)16-7-4-12(10-16)6-9-18/h12-13,18H,4-11H2,1-3H3/t12-,13+/m1/s1. The lowest BCUT2D eigenvalue weighted by Gasteiger charge is -2.26. The molecule has 0 aromatic heterocycles. The number of likely N-dealkylation sites (tertiary alicyclic amines) is 2. The SMILES string of the molecule is CC(C)(C)OC(=O)N1CC[C@H](N2CC[C@H](CCO)C2)C1. The molecule has 2 atom stereocenters. The molecule has 0 saturated carbocycles. The molecule has 5 heteroatoms. The van der Waals surface area contributed by atoms with Gasteiger partial charge in [-0.2, -0.15) is 0 Å². The van der Waals surface area contributed by atoms with E-state index in [1.54, 1.807) is 0 Å². The first-order chi connectivity index (χ1) is 9.39. The summed E-state index contributed by atoms with van der Waals surface area (Å²) in [5, 5.41) is 9.01. The molecule has 0 bridgehead atoms. The molecule has 0 aliphatic carbocycles. The maximum atomic E-state index is 12.0. The fraction of sp³-hybridized carbons (Fsp3) is 0.933. The van der Waals surface area contributed by atoms with E-state index < -0.39 is 5.60 Å². The summed E-state index contributed by atoms with van der Waals surface area (Å²) in [5.41, 5.74) is -0.422. The van der Waals surface area contributed by atoms with Crippen molar-refractivity contribution >= 4 is 6.09 Å². The van der Waals surface area contributed by atoms with Crippen molar-refractivity contribution in [1.82, 2.24) is 9.80 Å². The molecule has 2 aliphatic rings. The van der Waals surface area contributed by atoms with Gasteiger partial charge >= 0.3 is 6.09 Å². The smallest absolute Gasteiger partial charge is 0.410 e. The van der Waals surface area contributed by atoms with E-state index in [2.05, 4.69) is 4.90 Å². The Balaban J connectivity index is 1.79. The molecule has 0 aromatic rings. The molecule has 0 radical (unpaired) electrons. The lowest BCUT2D eigenvalue weighted by molar-refractivity contribution is 0.0282. The van der Waals surface area contributed by atoms with Crippen LogP contribution in [0.15, 0.2) is 0 Å². The Hall–Kier alpha value is -0.810. The number of carbonyl (C=O) groups is 1. The van der Waals surface area contributed by atoms with Gasteiger partial charge in [0.2, 0.25) is 0 Å². The fourth-order valence-electron chi connectivity index (χ4n) is 3.14. The van der Waals surface area contributed by atoms with Crippen LogP contribution in [0.5, 0.6) is 0 Å². The Bertz CT molecular complexity index is 341. The second-order valence-electron chi connectivity index (χ2n) is 7.03. The number of nitrogens with zero attached hydrogens (tertiary/aromatic N) is 2. The van der Waals surface area contributed by atoms with Gasteiger partial charge in [0.15, 0.2) is 0 Å².